The third-order valence-corrected chi connectivity index (χ3v) is 13.0. The van der Waals surface area contributed by atoms with Crippen LogP contribution in [0.2, 0.25) is 0 Å². The molecule has 2 aliphatic rings. The second kappa shape index (κ2) is 9.69. The van der Waals surface area contributed by atoms with Crippen LogP contribution in [-0.4, -0.2) is 0 Å². The highest BCUT2D eigenvalue weighted by Crippen LogP contribution is 2.57. The molecule has 1 nitrogen and oxygen atoms in total. The van der Waals surface area contributed by atoms with Crippen LogP contribution in [0.15, 0.2) is 127 Å². The normalized spacial score (nSPS) is 16.4. The van der Waals surface area contributed by atoms with Crippen LogP contribution >= 0.6 is 11.3 Å². The summed E-state index contributed by atoms with van der Waals surface area (Å²) in [6, 6.07) is 47.7. The van der Waals surface area contributed by atoms with Crippen molar-refractivity contribution < 1.29 is 0 Å². The molecule has 9 rings (SSSR count). The maximum Gasteiger partial charge on any atom is 0.0476 e. The van der Waals surface area contributed by atoms with Crippen molar-refractivity contribution in [1.82, 2.24) is 0 Å². The Labute approximate surface area is 282 Å². The molecule has 7 aromatic rings. The van der Waals surface area contributed by atoms with Crippen molar-refractivity contribution in [2.24, 2.45) is 0 Å². The fourth-order valence-electron chi connectivity index (χ4n) is 8.53. The van der Waals surface area contributed by atoms with Gasteiger partial charge in [-0.1, -0.05) is 133 Å². The Morgan fingerprint density at radius 3 is 1.83 bits per heavy atom. The van der Waals surface area contributed by atoms with Gasteiger partial charge >= 0.3 is 0 Å². The van der Waals surface area contributed by atoms with E-state index in [1.54, 1.807) is 0 Å². The Balaban J connectivity index is 1.24. The van der Waals surface area contributed by atoms with Gasteiger partial charge in [0, 0.05) is 48.2 Å². The molecule has 230 valence electrons. The summed E-state index contributed by atoms with van der Waals surface area (Å²) >= 11 is 1.95. The highest BCUT2D eigenvalue weighted by atomic mass is 32.1. The minimum atomic E-state index is -0.0581. The molecule has 0 N–H and O–H groups in total. The molecule has 0 saturated heterocycles. The number of nitrogens with zero attached hydrogens (tertiary/aromatic N) is 1. The molecule has 0 saturated carbocycles. The molecule has 0 aliphatic heterocycles. The third-order valence-electron chi connectivity index (χ3n) is 11.8. The second-order valence-electron chi connectivity index (χ2n) is 15.0. The van der Waals surface area contributed by atoms with Crippen molar-refractivity contribution in [3.8, 4) is 22.3 Å². The van der Waals surface area contributed by atoms with Gasteiger partial charge < -0.3 is 4.90 Å². The SMILES string of the molecule is CC1(C)c2ccccc2-c2ccc(N(c3ccccc3)c3ccc4c(c3)sc3c5c(ccc34)C(C)(C)C(C)(C)c3ccccc3-5)cc21. The Morgan fingerprint density at radius 1 is 0.447 bits per heavy atom. The van der Waals surface area contributed by atoms with E-state index in [1.165, 1.54) is 76.1 Å². The second-order valence-corrected chi connectivity index (χ2v) is 16.1. The van der Waals surface area contributed by atoms with E-state index in [0.29, 0.717) is 0 Å². The third kappa shape index (κ3) is 3.82. The molecule has 6 aromatic carbocycles. The predicted octanol–water partition coefficient (Wildman–Crippen LogP) is 13.1. The Hall–Kier alpha value is -4.66. The van der Waals surface area contributed by atoms with Gasteiger partial charge in [0.2, 0.25) is 0 Å². The maximum absolute atomic E-state index is 2.43. The molecule has 0 bridgehead atoms. The van der Waals surface area contributed by atoms with Gasteiger partial charge in [0.15, 0.2) is 0 Å². The van der Waals surface area contributed by atoms with E-state index in [2.05, 4.69) is 174 Å². The molecule has 0 spiro atoms. The number of hydrogen-bond donors (Lipinski definition) is 0. The van der Waals surface area contributed by atoms with E-state index in [1.807, 2.05) is 11.3 Å². The molecule has 0 unspecified atom stereocenters. The van der Waals surface area contributed by atoms with Crippen molar-refractivity contribution in [1.29, 1.82) is 0 Å². The molecule has 2 heteroatoms. The summed E-state index contributed by atoms with van der Waals surface area (Å²) in [5.41, 5.74) is 14.7. The number of thiophene rings is 1. The topological polar surface area (TPSA) is 3.24 Å². The van der Waals surface area contributed by atoms with Crippen LogP contribution in [0.5, 0.6) is 0 Å². The van der Waals surface area contributed by atoms with Crippen LogP contribution in [0, 0.1) is 0 Å². The van der Waals surface area contributed by atoms with Gasteiger partial charge in [-0.3, -0.25) is 0 Å². The first-order valence-electron chi connectivity index (χ1n) is 16.8. The summed E-state index contributed by atoms with van der Waals surface area (Å²) in [5, 5.41) is 2.68. The lowest BCUT2D eigenvalue weighted by atomic mass is 9.55. The van der Waals surface area contributed by atoms with Crippen LogP contribution < -0.4 is 4.90 Å². The van der Waals surface area contributed by atoms with E-state index in [-0.39, 0.29) is 16.2 Å². The smallest absolute Gasteiger partial charge is 0.0476 e. The van der Waals surface area contributed by atoms with Gasteiger partial charge in [-0.15, -0.1) is 11.3 Å². The van der Waals surface area contributed by atoms with Crippen LogP contribution in [0.1, 0.15) is 63.8 Å². The van der Waals surface area contributed by atoms with Crippen molar-refractivity contribution in [2.45, 2.75) is 57.8 Å². The number of anilines is 3. The molecule has 2 aliphatic carbocycles. The molecule has 0 amide bonds. The first-order valence-corrected chi connectivity index (χ1v) is 17.6. The monoisotopic (exact) mass is 625 g/mol. The van der Waals surface area contributed by atoms with Gasteiger partial charge in [-0.25, -0.2) is 0 Å². The van der Waals surface area contributed by atoms with E-state index >= 15 is 0 Å². The van der Waals surface area contributed by atoms with Crippen LogP contribution in [0.4, 0.5) is 17.1 Å². The van der Waals surface area contributed by atoms with Crippen molar-refractivity contribution in [3.05, 3.63) is 150 Å². The Kier molecular flexibility index (Phi) is 5.88. The summed E-state index contributed by atoms with van der Waals surface area (Å²) < 4.78 is 2.72. The van der Waals surface area contributed by atoms with E-state index in [0.717, 1.165) is 5.69 Å². The molecule has 0 fully saturated rings. The fraction of sp³-hybridized carbons (Fsp3) is 0.200. The molecule has 1 aromatic heterocycles. The van der Waals surface area contributed by atoms with Gasteiger partial charge in [0.05, 0.1) is 0 Å². The van der Waals surface area contributed by atoms with E-state index in [4.69, 9.17) is 0 Å². The van der Waals surface area contributed by atoms with Gasteiger partial charge in [0.1, 0.15) is 0 Å². The zero-order chi connectivity index (χ0) is 32.3. The van der Waals surface area contributed by atoms with Crippen molar-refractivity contribution in [2.75, 3.05) is 4.90 Å². The molecular formula is C45H39NS. The lowest BCUT2D eigenvalue weighted by Crippen LogP contribution is -2.43. The first kappa shape index (κ1) is 28.6. The average molecular weight is 626 g/mol. The number of fused-ring (bicyclic) bond motifs is 10. The standard InChI is InChI=1S/C45H39NS/c1-43(2)36-18-12-10-16-31(36)32-22-20-29(26-39(32)43)46(28-14-8-7-9-15-28)30-21-23-33-34-24-25-38-41(42(34)47-40(33)27-30)35-17-11-13-19-37(35)44(3,4)45(38,5)6/h7-27H,1-6H3. The minimum Gasteiger partial charge on any atom is -0.310 e. The summed E-state index contributed by atoms with van der Waals surface area (Å²) in [6.45, 7) is 14.4. The molecule has 47 heavy (non-hydrogen) atoms. The number of hydrogen-bond acceptors (Lipinski definition) is 2. The summed E-state index contributed by atoms with van der Waals surface area (Å²) in [7, 11) is 0. The Bertz CT molecular complexity index is 2390. The lowest BCUT2D eigenvalue weighted by molar-refractivity contribution is 0.299. The first-order chi connectivity index (χ1) is 22.6. The van der Waals surface area contributed by atoms with E-state index in [9.17, 15) is 0 Å². The van der Waals surface area contributed by atoms with E-state index < -0.39 is 0 Å². The van der Waals surface area contributed by atoms with Crippen LogP contribution in [0.3, 0.4) is 0 Å². The fourth-order valence-corrected chi connectivity index (χ4v) is 9.83. The summed E-state index contributed by atoms with van der Waals surface area (Å²) in [4.78, 5) is 2.43. The quantitative estimate of drug-likeness (QED) is 0.189. The highest BCUT2D eigenvalue weighted by molar-refractivity contribution is 7.26. The van der Waals surface area contributed by atoms with Crippen LogP contribution in [0.25, 0.3) is 42.4 Å². The van der Waals surface area contributed by atoms with Crippen LogP contribution in [-0.2, 0) is 16.2 Å². The summed E-state index contributed by atoms with van der Waals surface area (Å²) in [6.07, 6.45) is 0. The highest BCUT2D eigenvalue weighted by Gasteiger charge is 2.46. The average Bonchev–Trinajstić information content (AvgIpc) is 3.56. The zero-order valence-corrected chi connectivity index (χ0v) is 28.8. The Morgan fingerprint density at radius 2 is 1.04 bits per heavy atom. The van der Waals surface area contributed by atoms with Gasteiger partial charge in [-0.05, 0) is 86.2 Å². The molecule has 0 radical (unpaired) electrons. The number of para-hydroxylation sites is 1. The zero-order valence-electron chi connectivity index (χ0n) is 28.0. The molecular weight excluding hydrogens is 587 g/mol. The molecule has 0 atom stereocenters. The summed E-state index contributed by atoms with van der Waals surface area (Å²) in [5.74, 6) is 0. The lowest BCUT2D eigenvalue weighted by Gasteiger charge is -2.48. The largest absolute Gasteiger partial charge is 0.310 e. The van der Waals surface area contributed by atoms with Gasteiger partial charge in [0.25, 0.3) is 0 Å². The maximum atomic E-state index is 2.43. The van der Waals surface area contributed by atoms with Crippen molar-refractivity contribution in [3.63, 3.8) is 0 Å². The number of rotatable bonds is 3. The predicted molar refractivity (Wildman–Crippen MR) is 203 cm³/mol. The van der Waals surface area contributed by atoms with Gasteiger partial charge in [-0.2, -0.15) is 0 Å². The molecule has 1 heterocycles. The minimum absolute atomic E-state index is 0.00265. The number of benzene rings is 6. The van der Waals surface area contributed by atoms with Crippen molar-refractivity contribution >= 4 is 48.6 Å².